The topological polar surface area (TPSA) is 215 Å². The van der Waals surface area contributed by atoms with Gasteiger partial charge in [0.15, 0.2) is 18.3 Å². The predicted molar refractivity (Wildman–Crippen MR) is 113 cm³/mol. The minimum atomic E-state index is -1.30. The summed E-state index contributed by atoms with van der Waals surface area (Å²) in [4.78, 5) is 66.2. The van der Waals surface area contributed by atoms with Gasteiger partial charge in [-0.3, -0.25) is 28.8 Å². The molecule has 1 aliphatic heterocycles. The summed E-state index contributed by atoms with van der Waals surface area (Å²) in [7, 11) is 0. The lowest BCUT2D eigenvalue weighted by Crippen LogP contribution is -2.61. The molecule has 4 N–H and O–H groups in total. The Kier molecular flexibility index (Phi) is 13.8. The highest BCUT2D eigenvalue weighted by molar-refractivity contribution is 7.99. The lowest BCUT2D eigenvalue weighted by Gasteiger charge is -2.44. The fraction of sp³-hybridized carbons (Fsp3) is 0.684. The summed E-state index contributed by atoms with van der Waals surface area (Å²) in [6.07, 6.45) is -4.91. The fourth-order valence-corrected chi connectivity index (χ4v) is 3.75. The molecule has 1 rings (SSSR count). The summed E-state index contributed by atoms with van der Waals surface area (Å²) in [5, 5.41) is 16.4. The van der Waals surface area contributed by atoms with Gasteiger partial charge in [-0.1, -0.05) is 0 Å². The molecular weight excluding hydrogens is 482 g/mol. The highest BCUT2D eigenvalue weighted by Crippen LogP contribution is 2.34. The van der Waals surface area contributed by atoms with Gasteiger partial charge in [0.25, 0.3) is 5.97 Å². The molecule has 0 bridgehead atoms. The van der Waals surface area contributed by atoms with Crippen LogP contribution >= 0.6 is 11.8 Å². The van der Waals surface area contributed by atoms with Crippen LogP contribution in [0.1, 0.15) is 34.6 Å². The Hall–Kier alpha value is -2.91. The van der Waals surface area contributed by atoms with Crippen molar-refractivity contribution >= 4 is 47.6 Å². The van der Waals surface area contributed by atoms with Crippen molar-refractivity contribution in [1.82, 2.24) is 0 Å². The SMILES string of the molecule is CC(=O)O.CC(=O)OC[C@H]1O[C@@H](SC[C@H](N)C(=O)O)[C@H](OC(C)=O)[C@@H](OC(C)=O)[C@@H]1OC(C)=O. The number of carboxylic acids is 2. The molecular formula is C19H29NO13S. The quantitative estimate of drug-likeness (QED) is 0.258. The van der Waals surface area contributed by atoms with E-state index in [-0.39, 0.29) is 12.4 Å². The van der Waals surface area contributed by atoms with Crippen LogP contribution in [-0.2, 0) is 52.5 Å². The van der Waals surface area contributed by atoms with Gasteiger partial charge < -0.3 is 39.6 Å². The summed E-state index contributed by atoms with van der Waals surface area (Å²) in [6.45, 7) is 5.21. The van der Waals surface area contributed by atoms with Gasteiger partial charge >= 0.3 is 29.8 Å². The highest BCUT2D eigenvalue weighted by Gasteiger charge is 2.52. The van der Waals surface area contributed by atoms with Gasteiger partial charge in [-0.15, -0.1) is 11.8 Å². The molecule has 0 aromatic carbocycles. The molecule has 6 atom stereocenters. The summed E-state index contributed by atoms with van der Waals surface area (Å²) >= 11 is 0.896. The number of ether oxygens (including phenoxy) is 5. The van der Waals surface area contributed by atoms with Crippen LogP contribution in [0.2, 0.25) is 0 Å². The number of thioether (sulfide) groups is 1. The molecule has 0 unspecified atom stereocenters. The zero-order valence-electron chi connectivity index (χ0n) is 19.2. The monoisotopic (exact) mass is 511 g/mol. The van der Waals surface area contributed by atoms with E-state index in [0.717, 1.165) is 46.4 Å². The first kappa shape index (κ1) is 31.1. The van der Waals surface area contributed by atoms with Gasteiger partial charge in [0.2, 0.25) is 0 Å². The smallest absolute Gasteiger partial charge is 0.321 e. The van der Waals surface area contributed by atoms with Gasteiger partial charge in [0.1, 0.15) is 24.2 Å². The Balaban J connectivity index is 0.00000251. The Morgan fingerprint density at radius 2 is 1.26 bits per heavy atom. The van der Waals surface area contributed by atoms with Crippen LogP contribution in [0.5, 0.6) is 0 Å². The number of carbonyl (C=O) groups excluding carboxylic acids is 4. The van der Waals surface area contributed by atoms with Gasteiger partial charge in [-0.2, -0.15) is 0 Å². The molecule has 34 heavy (non-hydrogen) atoms. The molecule has 0 radical (unpaired) electrons. The van der Waals surface area contributed by atoms with E-state index in [4.69, 9.17) is 44.4 Å². The van der Waals surface area contributed by atoms with Crippen molar-refractivity contribution in [1.29, 1.82) is 0 Å². The third-order valence-electron chi connectivity index (χ3n) is 3.71. The highest BCUT2D eigenvalue weighted by atomic mass is 32.2. The lowest BCUT2D eigenvalue weighted by molar-refractivity contribution is -0.237. The molecule has 14 nitrogen and oxygen atoms in total. The molecule has 0 amide bonds. The molecule has 1 fully saturated rings. The number of carboxylic acid groups (broad SMARTS) is 2. The van der Waals surface area contributed by atoms with Crippen LogP contribution in [0.4, 0.5) is 0 Å². The number of aliphatic carboxylic acids is 2. The zero-order chi connectivity index (χ0) is 26.6. The normalized spacial score (nSPS) is 24.4. The Bertz CT molecular complexity index is 754. The zero-order valence-corrected chi connectivity index (χ0v) is 20.1. The van der Waals surface area contributed by atoms with E-state index in [1.807, 2.05) is 0 Å². The van der Waals surface area contributed by atoms with Crippen molar-refractivity contribution in [2.24, 2.45) is 5.73 Å². The first-order chi connectivity index (χ1) is 15.6. The van der Waals surface area contributed by atoms with Crippen LogP contribution < -0.4 is 5.73 Å². The number of nitrogens with two attached hydrogens (primary N) is 1. The largest absolute Gasteiger partial charge is 0.481 e. The van der Waals surface area contributed by atoms with Crippen LogP contribution in [0.3, 0.4) is 0 Å². The number of hydrogen-bond donors (Lipinski definition) is 3. The van der Waals surface area contributed by atoms with Crippen molar-refractivity contribution in [2.75, 3.05) is 12.4 Å². The Morgan fingerprint density at radius 1 is 0.824 bits per heavy atom. The first-order valence-electron chi connectivity index (χ1n) is 9.75. The maximum absolute atomic E-state index is 11.7. The predicted octanol–water partition coefficient (Wildman–Crippen LogP) is -0.694. The standard InChI is InChI=1S/C17H25NO11S.C2H4O2/c1-7(19)25-5-12-13(26-8(2)20)14(27-9(3)21)15(28-10(4)22)17(29-12)30-6-11(18)16(23)24;1-2(3)4/h11-15,17H,5-6,18H2,1-4H3,(H,23,24);1H3,(H,3,4)/t11-,12+,13+,14-,15+,17-;/m0./s1. The summed E-state index contributed by atoms with van der Waals surface area (Å²) in [5.74, 6) is -5.10. The van der Waals surface area contributed by atoms with Crippen LogP contribution in [0.25, 0.3) is 0 Å². The summed E-state index contributed by atoms with van der Waals surface area (Å²) in [6, 6.07) is -1.25. The van der Waals surface area contributed by atoms with E-state index in [0.29, 0.717) is 0 Å². The molecule has 15 heteroatoms. The van der Waals surface area contributed by atoms with E-state index in [2.05, 4.69) is 0 Å². The third-order valence-corrected chi connectivity index (χ3v) is 4.96. The third kappa shape index (κ3) is 12.4. The molecule has 1 aliphatic rings. The second kappa shape index (κ2) is 15.1. The van der Waals surface area contributed by atoms with Crippen molar-refractivity contribution in [3.63, 3.8) is 0 Å². The minimum absolute atomic E-state index is 0.136. The van der Waals surface area contributed by atoms with E-state index >= 15 is 0 Å². The second-order valence-corrected chi connectivity index (χ2v) is 8.00. The van der Waals surface area contributed by atoms with Crippen molar-refractivity contribution in [3.8, 4) is 0 Å². The molecule has 1 heterocycles. The summed E-state index contributed by atoms with van der Waals surface area (Å²) < 4.78 is 26.5. The average Bonchev–Trinajstić information content (AvgIpc) is 2.66. The molecule has 0 spiro atoms. The van der Waals surface area contributed by atoms with Gasteiger partial charge in [-0.05, 0) is 0 Å². The van der Waals surface area contributed by atoms with Crippen molar-refractivity contribution in [2.45, 2.75) is 70.5 Å². The molecule has 0 saturated carbocycles. The number of hydrogen-bond acceptors (Lipinski definition) is 13. The maximum Gasteiger partial charge on any atom is 0.321 e. The van der Waals surface area contributed by atoms with E-state index in [1.165, 1.54) is 0 Å². The van der Waals surface area contributed by atoms with Gasteiger partial charge in [0, 0.05) is 40.4 Å². The van der Waals surface area contributed by atoms with Crippen LogP contribution in [0, 0.1) is 0 Å². The van der Waals surface area contributed by atoms with E-state index in [9.17, 15) is 24.0 Å². The summed E-state index contributed by atoms with van der Waals surface area (Å²) in [5.41, 5.74) is 4.45. The number of carbonyl (C=O) groups is 6. The van der Waals surface area contributed by atoms with Crippen LogP contribution in [0.15, 0.2) is 0 Å². The fourth-order valence-electron chi connectivity index (χ4n) is 2.59. The molecule has 0 aromatic rings. The van der Waals surface area contributed by atoms with Crippen molar-refractivity contribution in [3.05, 3.63) is 0 Å². The Morgan fingerprint density at radius 3 is 1.68 bits per heavy atom. The van der Waals surface area contributed by atoms with Gasteiger partial charge in [-0.25, -0.2) is 0 Å². The molecule has 0 aromatic heterocycles. The number of esters is 4. The molecule has 0 aliphatic carbocycles. The Labute approximate surface area is 199 Å². The van der Waals surface area contributed by atoms with E-state index < -0.39 is 71.7 Å². The lowest BCUT2D eigenvalue weighted by atomic mass is 9.99. The average molecular weight is 512 g/mol. The molecule has 194 valence electrons. The second-order valence-electron chi connectivity index (χ2n) is 6.86. The minimum Gasteiger partial charge on any atom is -0.481 e. The van der Waals surface area contributed by atoms with Crippen molar-refractivity contribution < 1.29 is 62.7 Å². The molecule has 1 saturated heterocycles. The number of rotatable bonds is 9. The van der Waals surface area contributed by atoms with Crippen LogP contribution in [-0.4, -0.2) is 94.3 Å². The maximum atomic E-state index is 11.7. The van der Waals surface area contributed by atoms with E-state index in [1.54, 1.807) is 0 Å². The first-order valence-corrected chi connectivity index (χ1v) is 10.8. The van der Waals surface area contributed by atoms with Gasteiger partial charge in [0.05, 0.1) is 0 Å².